The number of nitrogens with one attached hydrogen (secondary N) is 1. The molecule has 4 heteroatoms. The zero-order valence-corrected chi connectivity index (χ0v) is 15.1. The normalized spacial score (nSPS) is 12.0. The fraction of sp³-hybridized carbons (Fsp3) is 0.316. The van der Waals surface area contributed by atoms with E-state index in [9.17, 15) is 4.79 Å². The van der Waals surface area contributed by atoms with Crippen molar-refractivity contribution < 1.29 is 4.79 Å². The summed E-state index contributed by atoms with van der Waals surface area (Å²) >= 11 is 11.9. The average Bonchev–Trinajstić information content (AvgIpc) is 2.48. The molecule has 1 atom stereocenters. The fourth-order valence-electron chi connectivity index (χ4n) is 2.66. The van der Waals surface area contributed by atoms with Crippen LogP contribution in [0.3, 0.4) is 0 Å². The summed E-state index contributed by atoms with van der Waals surface area (Å²) in [6, 6.07) is 11.7. The second kappa shape index (κ2) is 7.85. The number of carbonyl (C=O) groups is 1. The first-order chi connectivity index (χ1) is 10.9. The summed E-state index contributed by atoms with van der Waals surface area (Å²) in [6.07, 6.45) is 1.07. The predicted octanol–water partition coefficient (Wildman–Crippen LogP) is 5.42. The molecule has 1 N–H and O–H groups in total. The molecule has 0 unspecified atom stereocenters. The van der Waals surface area contributed by atoms with Crippen molar-refractivity contribution in [2.45, 2.75) is 39.7 Å². The van der Waals surface area contributed by atoms with E-state index in [0.29, 0.717) is 22.9 Å². The van der Waals surface area contributed by atoms with Crippen LogP contribution in [-0.4, -0.2) is 5.91 Å². The smallest absolute Gasteiger partial charge is 0.220 e. The van der Waals surface area contributed by atoms with Crippen LogP contribution in [-0.2, 0) is 11.2 Å². The summed E-state index contributed by atoms with van der Waals surface area (Å²) in [6.45, 7) is 6.15. The third kappa shape index (κ3) is 4.98. The van der Waals surface area contributed by atoms with E-state index in [1.165, 1.54) is 11.1 Å². The third-order valence-corrected chi connectivity index (χ3v) is 4.63. The second-order valence-corrected chi connectivity index (χ2v) is 6.71. The quantitative estimate of drug-likeness (QED) is 0.766. The maximum absolute atomic E-state index is 12.2. The summed E-state index contributed by atoms with van der Waals surface area (Å²) < 4.78 is 0. The third-order valence-electron chi connectivity index (χ3n) is 3.89. The van der Waals surface area contributed by atoms with Crippen LogP contribution in [0.15, 0.2) is 36.4 Å². The Bertz CT molecular complexity index is 713. The molecule has 0 aliphatic heterocycles. The van der Waals surface area contributed by atoms with Crippen molar-refractivity contribution in [3.05, 3.63) is 68.7 Å². The number of rotatable bonds is 5. The Hall–Kier alpha value is -1.51. The van der Waals surface area contributed by atoms with Gasteiger partial charge in [-0.3, -0.25) is 4.79 Å². The fourth-order valence-corrected chi connectivity index (χ4v) is 2.98. The van der Waals surface area contributed by atoms with E-state index in [4.69, 9.17) is 23.2 Å². The van der Waals surface area contributed by atoms with Crippen molar-refractivity contribution in [2.75, 3.05) is 0 Å². The molecule has 0 aromatic heterocycles. The molecule has 2 nitrogen and oxygen atoms in total. The summed E-state index contributed by atoms with van der Waals surface area (Å²) in [7, 11) is 0. The van der Waals surface area contributed by atoms with E-state index in [1.807, 2.05) is 19.1 Å². The van der Waals surface area contributed by atoms with Gasteiger partial charge in [-0.1, -0.05) is 53.0 Å². The average molecular weight is 350 g/mol. The zero-order chi connectivity index (χ0) is 17.0. The topological polar surface area (TPSA) is 29.1 Å². The summed E-state index contributed by atoms with van der Waals surface area (Å²) in [5, 5.41) is 4.11. The van der Waals surface area contributed by atoms with Crippen molar-refractivity contribution in [1.29, 1.82) is 0 Å². The molecule has 0 bridgehead atoms. The minimum absolute atomic E-state index is 0.00287. The van der Waals surface area contributed by atoms with E-state index < -0.39 is 0 Å². The van der Waals surface area contributed by atoms with Crippen LogP contribution in [0.5, 0.6) is 0 Å². The molecule has 0 radical (unpaired) electrons. The Morgan fingerprint density at radius 2 is 1.83 bits per heavy atom. The number of carbonyl (C=O) groups excluding carboxylic acids is 1. The van der Waals surface area contributed by atoms with Crippen molar-refractivity contribution >= 4 is 29.1 Å². The second-order valence-electron chi connectivity index (χ2n) is 5.90. The van der Waals surface area contributed by atoms with Crippen molar-refractivity contribution in [1.82, 2.24) is 5.32 Å². The van der Waals surface area contributed by atoms with Gasteiger partial charge in [0.2, 0.25) is 5.91 Å². The lowest BCUT2D eigenvalue weighted by molar-refractivity contribution is -0.121. The van der Waals surface area contributed by atoms with E-state index >= 15 is 0 Å². The largest absolute Gasteiger partial charge is 0.350 e. The lowest BCUT2D eigenvalue weighted by atomic mass is 10.00. The first kappa shape index (κ1) is 17.8. The number of amides is 1. The molecule has 2 rings (SSSR count). The number of aryl methyl sites for hydroxylation is 3. The van der Waals surface area contributed by atoms with Gasteiger partial charge >= 0.3 is 0 Å². The minimum atomic E-state index is -0.00287. The number of halogens is 2. The molecule has 0 spiro atoms. The van der Waals surface area contributed by atoms with Crippen LogP contribution in [0, 0.1) is 13.8 Å². The summed E-state index contributed by atoms with van der Waals surface area (Å²) in [4.78, 5) is 12.2. The predicted molar refractivity (Wildman–Crippen MR) is 97.3 cm³/mol. The van der Waals surface area contributed by atoms with Gasteiger partial charge in [0.15, 0.2) is 0 Å². The van der Waals surface area contributed by atoms with Gasteiger partial charge in [0.25, 0.3) is 0 Å². The Balaban J connectivity index is 1.92. The van der Waals surface area contributed by atoms with Crippen LogP contribution in [0.2, 0.25) is 10.0 Å². The lowest BCUT2D eigenvalue weighted by Gasteiger charge is -2.17. The maximum Gasteiger partial charge on any atom is 0.220 e. The molecule has 0 aliphatic rings. The molecule has 1 amide bonds. The van der Waals surface area contributed by atoms with Gasteiger partial charge in [0.1, 0.15) is 0 Å². The van der Waals surface area contributed by atoms with Gasteiger partial charge in [0, 0.05) is 6.42 Å². The van der Waals surface area contributed by atoms with Crippen LogP contribution in [0.1, 0.15) is 41.6 Å². The molecular formula is C19H21Cl2NO. The molecular weight excluding hydrogens is 329 g/mol. The van der Waals surface area contributed by atoms with Crippen molar-refractivity contribution in [3.63, 3.8) is 0 Å². The molecule has 23 heavy (non-hydrogen) atoms. The van der Waals surface area contributed by atoms with Gasteiger partial charge in [0.05, 0.1) is 16.1 Å². The van der Waals surface area contributed by atoms with Gasteiger partial charge in [-0.15, -0.1) is 0 Å². The van der Waals surface area contributed by atoms with Gasteiger partial charge in [-0.2, -0.15) is 0 Å². The Morgan fingerprint density at radius 1 is 1.09 bits per heavy atom. The molecule has 2 aromatic rings. The van der Waals surface area contributed by atoms with Gasteiger partial charge in [-0.05, 0) is 56.0 Å². The highest BCUT2D eigenvalue weighted by Crippen LogP contribution is 2.23. The summed E-state index contributed by atoms with van der Waals surface area (Å²) in [5.74, 6) is 0.0311. The highest BCUT2D eigenvalue weighted by molar-refractivity contribution is 6.42. The highest BCUT2D eigenvalue weighted by atomic mass is 35.5. The first-order valence-corrected chi connectivity index (χ1v) is 8.43. The SMILES string of the molecule is Cc1ccc([C@H](C)NC(=O)CCc2ccc(Cl)c(Cl)c2)c(C)c1. The van der Waals surface area contributed by atoms with E-state index in [-0.39, 0.29) is 11.9 Å². The van der Waals surface area contributed by atoms with Crippen LogP contribution in [0.4, 0.5) is 0 Å². The molecule has 0 saturated carbocycles. The Morgan fingerprint density at radius 3 is 2.48 bits per heavy atom. The highest BCUT2D eigenvalue weighted by Gasteiger charge is 2.12. The standard InChI is InChI=1S/C19H21Cl2NO/c1-12-4-7-16(13(2)10-12)14(3)22-19(23)9-6-15-5-8-17(20)18(21)11-15/h4-5,7-8,10-11,14H,6,9H2,1-3H3,(H,22,23)/t14-/m0/s1. The van der Waals surface area contributed by atoms with Crippen LogP contribution < -0.4 is 5.32 Å². The van der Waals surface area contributed by atoms with E-state index in [2.05, 4.69) is 37.4 Å². The van der Waals surface area contributed by atoms with Crippen molar-refractivity contribution in [3.8, 4) is 0 Å². The molecule has 0 aliphatic carbocycles. The molecule has 0 heterocycles. The first-order valence-electron chi connectivity index (χ1n) is 7.67. The van der Waals surface area contributed by atoms with Gasteiger partial charge in [-0.25, -0.2) is 0 Å². The molecule has 0 fully saturated rings. The minimum Gasteiger partial charge on any atom is -0.350 e. The molecule has 2 aromatic carbocycles. The number of hydrogen-bond acceptors (Lipinski definition) is 1. The summed E-state index contributed by atoms with van der Waals surface area (Å²) in [5.41, 5.74) is 4.58. The zero-order valence-electron chi connectivity index (χ0n) is 13.6. The van der Waals surface area contributed by atoms with E-state index in [0.717, 1.165) is 11.1 Å². The van der Waals surface area contributed by atoms with E-state index in [1.54, 1.807) is 6.07 Å². The van der Waals surface area contributed by atoms with Crippen LogP contribution >= 0.6 is 23.2 Å². The maximum atomic E-state index is 12.2. The number of hydrogen-bond donors (Lipinski definition) is 1. The lowest BCUT2D eigenvalue weighted by Crippen LogP contribution is -2.27. The monoisotopic (exact) mass is 349 g/mol. The molecule has 0 saturated heterocycles. The number of benzene rings is 2. The van der Waals surface area contributed by atoms with Crippen LogP contribution in [0.25, 0.3) is 0 Å². The van der Waals surface area contributed by atoms with Gasteiger partial charge < -0.3 is 5.32 Å². The Kier molecular flexibility index (Phi) is 6.09. The molecule has 122 valence electrons. The van der Waals surface area contributed by atoms with Crippen molar-refractivity contribution in [2.24, 2.45) is 0 Å². The Labute approximate surface area is 147 Å².